The van der Waals surface area contributed by atoms with E-state index in [1.54, 1.807) is 0 Å². The van der Waals surface area contributed by atoms with Crippen molar-refractivity contribution in [3.05, 3.63) is 34.3 Å². The van der Waals surface area contributed by atoms with Crippen LogP contribution in [-0.2, 0) is 6.42 Å². The third kappa shape index (κ3) is 2.00. The van der Waals surface area contributed by atoms with E-state index in [1.165, 1.54) is 5.56 Å². The molecule has 0 aliphatic carbocycles. The number of rotatable bonds is 3. The maximum atomic E-state index is 9.30. The van der Waals surface area contributed by atoms with Gasteiger partial charge in [0.2, 0.25) is 0 Å². The minimum atomic E-state index is 0.0911. The molecule has 1 aromatic rings. The van der Waals surface area contributed by atoms with Crippen molar-refractivity contribution in [3.63, 3.8) is 0 Å². The predicted molar refractivity (Wildman–Crippen MR) is 60.2 cm³/mol. The van der Waals surface area contributed by atoms with Gasteiger partial charge in [-0.15, -0.1) is 0 Å². The first kappa shape index (κ1) is 10.1. The first-order valence-corrected chi connectivity index (χ1v) is 5.59. The molecule has 0 saturated carbocycles. The number of hydrogen-bond acceptors (Lipinski definition) is 2. The lowest BCUT2D eigenvalue weighted by atomic mass is 9.77. The molecule has 3 heteroatoms. The fourth-order valence-electron chi connectivity index (χ4n) is 1.81. The lowest BCUT2D eigenvalue weighted by molar-refractivity contribution is 0.0687. The molecule has 14 heavy (non-hydrogen) atoms. The van der Waals surface area contributed by atoms with Gasteiger partial charge in [0, 0.05) is 23.0 Å². The third-order valence-electron chi connectivity index (χ3n) is 2.83. The highest BCUT2D eigenvalue weighted by Gasteiger charge is 2.36. The largest absolute Gasteiger partial charge is 0.396 e. The van der Waals surface area contributed by atoms with E-state index in [4.69, 9.17) is 0 Å². The van der Waals surface area contributed by atoms with Crippen molar-refractivity contribution in [2.45, 2.75) is 6.42 Å². The second kappa shape index (κ2) is 4.01. The average molecular weight is 256 g/mol. The maximum absolute atomic E-state index is 9.30. The van der Waals surface area contributed by atoms with E-state index >= 15 is 0 Å². The van der Waals surface area contributed by atoms with Crippen molar-refractivity contribution in [3.8, 4) is 0 Å². The zero-order valence-corrected chi connectivity index (χ0v) is 9.55. The minimum Gasteiger partial charge on any atom is -0.396 e. The van der Waals surface area contributed by atoms with Crippen LogP contribution in [0.4, 0.5) is 0 Å². The molecule has 0 bridgehead atoms. The quantitative estimate of drug-likeness (QED) is 0.860. The number of aliphatic hydroxyl groups excluding tert-OH is 1. The van der Waals surface area contributed by atoms with Crippen LogP contribution in [-0.4, -0.2) is 24.8 Å². The van der Waals surface area contributed by atoms with Crippen LogP contribution in [0.1, 0.15) is 5.56 Å². The normalized spacial score (nSPS) is 19.0. The summed E-state index contributed by atoms with van der Waals surface area (Å²) in [6, 6.07) is 8.32. The summed E-state index contributed by atoms with van der Waals surface area (Å²) in [5.41, 5.74) is 1.39. The van der Waals surface area contributed by atoms with Crippen molar-refractivity contribution in [1.29, 1.82) is 0 Å². The van der Waals surface area contributed by atoms with Gasteiger partial charge in [0.05, 0.1) is 6.61 Å². The molecule has 1 heterocycles. The summed E-state index contributed by atoms with van der Waals surface area (Å²) in [5, 5.41) is 12.5. The minimum absolute atomic E-state index is 0.0911. The summed E-state index contributed by atoms with van der Waals surface area (Å²) in [6.07, 6.45) is 0.962. The van der Waals surface area contributed by atoms with Gasteiger partial charge >= 0.3 is 0 Å². The Bertz CT molecular complexity index is 300. The van der Waals surface area contributed by atoms with Crippen LogP contribution in [0.5, 0.6) is 0 Å². The number of benzene rings is 1. The van der Waals surface area contributed by atoms with Crippen LogP contribution in [0.3, 0.4) is 0 Å². The van der Waals surface area contributed by atoms with Crippen LogP contribution in [0.25, 0.3) is 0 Å². The Balaban J connectivity index is 2.06. The van der Waals surface area contributed by atoms with Crippen LogP contribution >= 0.6 is 15.9 Å². The Morgan fingerprint density at radius 3 is 2.36 bits per heavy atom. The zero-order chi connectivity index (χ0) is 10.0. The van der Waals surface area contributed by atoms with E-state index in [0.29, 0.717) is 0 Å². The van der Waals surface area contributed by atoms with Crippen LogP contribution in [0, 0.1) is 5.41 Å². The molecule has 2 nitrogen and oxygen atoms in total. The second-order valence-corrected chi connectivity index (χ2v) is 4.98. The van der Waals surface area contributed by atoms with E-state index in [1.807, 2.05) is 12.1 Å². The molecular weight excluding hydrogens is 242 g/mol. The van der Waals surface area contributed by atoms with Crippen LogP contribution in [0.15, 0.2) is 28.7 Å². The van der Waals surface area contributed by atoms with Gasteiger partial charge in [0.1, 0.15) is 0 Å². The maximum Gasteiger partial charge on any atom is 0.0515 e. The van der Waals surface area contributed by atoms with Crippen molar-refractivity contribution in [2.75, 3.05) is 19.7 Å². The van der Waals surface area contributed by atoms with Crippen LogP contribution < -0.4 is 5.32 Å². The predicted octanol–water partition coefficient (Wildman–Crippen LogP) is 1.57. The highest BCUT2D eigenvalue weighted by atomic mass is 79.9. The fourth-order valence-corrected chi connectivity index (χ4v) is 2.07. The van der Waals surface area contributed by atoms with Gasteiger partial charge in [0.15, 0.2) is 0 Å². The highest BCUT2D eigenvalue weighted by molar-refractivity contribution is 9.10. The standard InChI is InChI=1S/C11H14BrNO/c12-10-3-1-9(2-4-10)5-11(8-14)6-13-7-11/h1-4,13-14H,5-8H2. The first-order chi connectivity index (χ1) is 6.74. The second-order valence-electron chi connectivity index (χ2n) is 4.06. The first-order valence-electron chi connectivity index (χ1n) is 4.80. The summed E-state index contributed by atoms with van der Waals surface area (Å²) in [4.78, 5) is 0. The number of hydrogen-bond donors (Lipinski definition) is 2. The van der Waals surface area contributed by atoms with Gasteiger partial charge in [-0.1, -0.05) is 28.1 Å². The molecule has 2 rings (SSSR count). The number of aliphatic hydroxyl groups is 1. The van der Waals surface area contributed by atoms with E-state index in [-0.39, 0.29) is 12.0 Å². The topological polar surface area (TPSA) is 32.3 Å². The highest BCUT2D eigenvalue weighted by Crippen LogP contribution is 2.27. The molecule has 0 spiro atoms. The zero-order valence-electron chi connectivity index (χ0n) is 7.96. The van der Waals surface area contributed by atoms with E-state index in [9.17, 15) is 5.11 Å². The van der Waals surface area contributed by atoms with E-state index in [2.05, 4.69) is 33.4 Å². The molecule has 0 aromatic heterocycles. The molecule has 0 atom stereocenters. The van der Waals surface area contributed by atoms with Gasteiger partial charge in [-0.05, 0) is 24.1 Å². The summed E-state index contributed by atoms with van der Waals surface area (Å²) < 4.78 is 1.10. The lowest BCUT2D eigenvalue weighted by Crippen LogP contribution is -2.56. The average Bonchev–Trinajstić information content (AvgIpc) is 2.15. The Morgan fingerprint density at radius 2 is 1.93 bits per heavy atom. The Kier molecular flexibility index (Phi) is 2.91. The van der Waals surface area contributed by atoms with Gasteiger partial charge < -0.3 is 10.4 Å². The Morgan fingerprint density at radius 1 is 1.29 bits per heavy atom. The lowest BCUT2D eigenvalue weighted by Gasteiger charge is -2.41. The molecule has 0 unspecified atom stereocenters. The molecule has 1 aliphatic heterocycles. The Hall–Kier alpha value is -0.380. The van der Waals surface area contributed by atoms with Gasteiger partial charge in [-0.25, -0.2) is 0 Å². The SMILES string of the molecule is OCC1(Cc2ccc(Br)cc2)CNC1. The molecule has 1 aromatic carbocycles. The molecule has 2 N–H and O–H groups in total. The summed E-state index contributed by atoms with van der Waals surface area (Å²) in [6.45, 7) is 2.13. The van der Waals surface area contributed by atoms with Crippen molar-refractivity contribution in [2.24, 2.45) is 5.41 Å². The smallest absolute Gasteiger partial charge is 0.0515 e. The number of halogens is 1. The van der Waals surface area contributed by atoms with E-state index in [0.717, 1.165) is 24.0 Å². The van der Waals surface area contributed by atoms with Crippen molar-refractivity contribution < 1.29 is 5.11 Å². The van der Waals surface area contributed by atoms with Crippen molar-refractivity contribution in [1.82, 2.24) is 5.32 Å². The molecule has 0 radical (unpaired) electrons. The summed E-state index contributed by atoms with van der Waals surface area (Å²) in [5.74, 6) is 0. The number of nitrogens with one attached hydrogen (secondary N) is 1. The molecular formula is C11H14BrNO. The van der Waals surface area contributed by atoms with Gasteiger partial charge in [-0.3, -0.25) is 0 Å². The molecule has 76 valence electrons. The van der Waals surface area contributed by atoms with Crippen LogP contribution in [0.2, 0.25) is 0 Å². The molecule has 1 aliphatic rings. The van der Waals surface area contributed by atoms with Crippen molar-refractivity contribution >= 4 is 15.9 Å². The monoisotopic (exact) mass is 255 g/mol. The summed E-state index contributed by atoms with van der Waals surface area (Å²) in [7, 11) is 0. The molecule has 1 fully saturated rings. The van der Waals surface area contributed by atoms with E-state index < -0.39 is 0 Å². The Labute approximate surface area is 92.5 Å². The summed E-state index contributed by atoms with van der Waals surface area (Å²) >= 11 is 3.41. The molecule has 1 saturated heterocycles. The fraction of sp³-hybridized carbons (Fsp3) is 0.455. The van der Waals surface area contributed by atoms with Gasteiger partial charge in [0.25, 0.3) is 0 Å². The van der Waals surface area contributed by atoms with Gasteiger partial charge in [-0.2, -0.15) is 0 Å². The molecule has 0 amide bonds. The third-order valence-corrected chi connectivity index (χ3v) is 3.36.